The Labute approximate surface area is 152 Å². The van der Waals surface area contributed by atoms with E-state index in [1.165, 1.54) is 12.1 Å². The predicted octanol–water partition coefficient (Wildman–Crippen LogP) is 3.32. The average molecular weight is 376 g/mol. The topological polar surface area (TPSA) is 77.2 Å². The lowest BCUT2D eigenvalue weighted by Crippen LogP contribution is -2.34. The molecule has 0 saturated heterocycles. The number of rotatable bonds is 6. The molecule has 0 saturated carbocycles. The van der Waals surface area contributed by atoms with Crippen LogP contribution in [0.3, 0.4) is 0 Å². The van der Waals surface area contributed by atoms with Gasteiger partial charge in [-0.15, -0.1) is 24.8 Å². The fourth-order valence-corrected chi connectivity index (χ4v) is 1.75. The summed E-state index contributed by atoms with van der Waals surface area (Å²) in [6.07, 6.45) is 2.16. The van der Waals surface area contributed by atoms with Crippen molar-refractivity contribution in [2.75, 3.05) is 5.32 Å². The molecule has 0 spiro atoms. The molecule has 0 aliphatic rings. The summed E-state index contributed by atoms with van der Waals surface area (Å²) in [7, 11) is 0. The third-order valence-corrected chi connectivity index (χ3v) is 3.08. The molecule has 132 valence electrons. The highest BCUT2D eigenvalue weighted by atomic mass is 35.5. The van der Waals surface area contributed by atoms with Crippen molar-refractivity contribution < 1.29 is 13.9 Å². The molecule has 1 aromatic carbocycles. The van der Waals surface area contributed by atoms with Crippen LogP contribution < -0.4 is 15.8 Å². The highest BCUT2D eigenvalue weighted by molar-refractivity contribution is 5.94. The Kier molecular flexibility index (Phi) is 9.95. The minimum atomic E-state index is -0.608. The van der Waals surface area contributed by atoms with Crippen molar-refractivity contribution in [1.82, 2.24) is 4.98 Å². The Bertz CT molecular complexity index is 644. The monoisotopic (exact) mass is 375 g/mol. The van der Waals surface area contributed by atoms with Gasteiger partial charge in [-0.05, 0) is 30.7 Å². The number of nitrogens with zero attached hydrogens (tertiary/aromatic N) is 1. The van der Waals surface area contributed by atoms with Crippen molar-refractivity contribution >= 4 is 36.4 Å². The van der Waals surface area contributed by atoms with Gasteiger partial charge in [-0.25, -0.2) is 4.39 Å². The molecule has 2 rings (SSSR count). The van der Waals surface area contributed by atoms with Gasteiger partial charge in [0.25, 0.3) is 0 Å². The van der Waals surface area contributed by atoms with Crippen molar-refractivity contribution in [3.63, 3.8) is 0 Å². The summed E-state index contributed by atoms with van der Waals surface area (Å²) >= 11 is 0. The third kappa shape index (κ3) is 6.31. The molecule has 0 fully saturated rings. The van der Waals surface area contributed by atoms with E-state index in [1.807, 2.05) is 6.07 Å². The number of carbonyl (C=O) groups excluding carboxylic acids is 1. The van der Waals surface area contributed by atoms with E-state index in [0.29, 0.717) is 17.8 Å². The van der Waals surface area contributed by atoms with Crippen LogP contribution in [0.15, 0.2) is 42.6 Å². The van der Waals surface area contributed by atoms with Gasteiger partial charge in [0.1, 0.15) is 6.61 Å². The number of aromatic nitrogens is 1. The van der Waals surface area contributed by atoms with E-state index in [4.69, 9.17) is 10.5 Å². The van der Waals surface area contributed by atoms with Crippen LogP contribution in [0, 0.1) is 5.82 Å². The molecule has 0 aliphatic carbocycles. The second-order valence-corrected chi connectivity index (χ2v) is 4.76. The number of hydrogen-bond donors (Lipinski definition) is 2. The van der Waals surface area contributed by atoms with Gasteiger partial charge in [0, 0.05) is 18.0 Å². The van der Waals surface area contributed by atoms with Gasteiger partial charge >= 0.3 is 0 Å². The molecule has 2 aromatic rings. The molecule has 1 aromatic heterocycles. The van der Waals surface area contributed by atoms with E-state index >= 15 is 0 Å². The first-order valence-corrected chi connectivity index (χ1v) is 6.99. The largest absolute Gasteiger partial charge is 0.484 e. The van der Waals surface area contributed by atoms with Crippen molar-refractivity contribution in [1.29, 1.82) is 0 Å². The molecule has 8 heteroatoms. The van der Waals surface area contributed by atoms with Gasteiger partial charge in [0.05, 0.1) is 11.7 Å². The van der Waals surface area contributed by atoms with Crippen molar-refractivity contribution in [3.05, 3.63) is 54.1 Å². The average Bonchev–Trinajstić information content (AvgIpc) is 2.54. The number of hydrogen-bond acceptors (Lipinski definition) is 4. The van der Waals surface area contributed by atoms with Crippen LogP contribution in [-0.2, 0) is 11.4 Å². The van der Waals surface area contributed by atoms with Crippen molar-refractivity contribution in [2.45, 2.75) is 26.0 Å². The SMILES string of the molecule is CC[C@H](N)C(=O)Nc1ccc(OCc2ccccn2)c(F)c1.Cl.Cl. The Balaban J connectivity index is 0.00000264. The van der Waals surface area contributed by atoms with Gasteiger partial charge < -0.3 is 15.8 Å². The number of carbonyl (C=O) groups is 1. The maximum absolute atomic E-state index is 14.0. The summed E-state index contributed by atoms with van der Waals surface area (Å²) < 4.78 is 19.3. The summed E-state index contributed by atoms with van der Waals surface area (Å²) in [5.74, 6) is -0.800. The predicted molar refractivity (Wildman–Crippen MR) is 96.4 cm³/mol. The number of pyridine rings is 1. The molecular formula is C16H20Cl2FN3O2. The van der Waals surface area contributed by atoms with Crippen LogP contribution in [0.5, 0.6) is 5.75 Å². The highest BCUT2D eigenvalue weighted by Crippen LogP contribution is 2.22. The summed E-state index contributed by atoms with van der Waals surface area (Å²) in [4.78, 5) is 15.7. The zero-order valence-electron chi connectivity index (χ0n) is 13.1. The van der Waals surface area contributed by atoms with Crippen LogP contribution in [0.2, 0.25) is 0 Å². The van der Waals surface area contributed by atoms with Gasteiger partial charge in [0.15, 0.2) is 11.6 Å². The summed E-state index contributed by atoms with van der Waals surface area (Å²) in [5.41, 5.74) is 6.65. The summed E-state index contributed by atoms with van der Waals surface area (Å²) in [6.45, 7) is 1.98. The van der Waals surface area contributed by atoms with Gasteiger partial charge in [-0.2, -0.15) is 0 Å². The molecule has 0 radical (unpaired) electrons. The van der Waals surface area contributed by atoms with Gasteiger partial charge in [0.2, 0.25) is 5.91 Å². The molecule has 0 aliphatic heterocycles. The van der Waals surface area contributed by atoms with Crippen molar-refractivity contribution in [3.8, 4) is 5.75 Å². The first-order valence-electron chi connectivity index (χ1n) is 6.99. The molecule has 24 heavy (non-hydrogen) atoms. The minimum Gasteiger partial charge on any atom is -0.484 e. The van der Waals surface area contributed by atoms with Crippen LogP contribution in [-0.4, -0.2) is 16.9 Å². The first-order chi connectivity index (χ1) is 10.6. The minimum absolute atomic E-state index is 0. The van der Waals surface area contributed by atoms with E-state index in [0.717, 1.165) is 0 Å². The molecule has 3 N–H and O–H groups in total. The van der Waals surface area contributed by atoms with E-state index < -0.39 is 11.9 Å². The van der Waals surface area contributed by atoms with E-state index in [9.17, 15) is 9.18 Å². The number of ether oxygens (including phenoxy) is 1. The summed E-state index contributed by atoms with van der Waals surface area (Å²) in [6, 6.07) is 9.04. The first kappa shape index (κ1) is 22.1. The molecule has 1 heterocycles. The standard InChI is InChI=1S/C16H18FN3O2.2ClH/c1-2-14(18)16(21)20-11-6-7-15(13(17)9-11)22-10-12-5-3-4-8-19-12;;/h3-9,14H,2,10,18H2,1H3,(H,20,21);2*1H/t14-;;/m0../s1. The Hall–Kier alpha value is -1.89. The number of nitrogens with one attached hydrogen (secondary N) is 1. The van der Waals surface area contributed by atoms with E-state index in [2.05, 4.69) is 10.3 Å². The van der Waals surface area contributed by atoms with Gasteiger partial charge in [-0.3, -0.25) is 9.78 Å². The number of nitrogens with two attached hydrogens (primary N) is 1. The molecule has 1 amide bonds. The number of anilines is 1. The lowest BCUT2D eigenvalue weighted by molar-refractivity contribution is -0.117. The Morgan fingerprint density at radius 2 is 2.08 bits per heavy atom. The molecule has 5 nitrogen and oxygen atoms in total. The number of halogens is 3. The van der Waals surface area contributed by atoms with E-state index in [1.54, 1.807) is 31.3 Å². The highest BCUT2D eigenvalue weighted by Gasteiger charge is 2.12. The maximum atomic E-state index is 14.0. The molecule has 0 bridgehead atoms. The van der Waals surface area contributed by atoms with Crippen molar-refractivity contribution in [2.24, 2.45) is 5.73 Å². The summed E-state index contributed by atoms with van der Waals surface area (Å²) in [5, 5.41) is 2.56. The van der Waals surface area contributed by atoms with Crippen LogP contribution in [0.25, 0.3) is 0 Å². The maximum Gasteiger partial charge on any atom is 0.241 e. The van der Waals surface area contributed by atoms with Crippen LogP contribution >= 0.6 is 24.8 Å². The number of amides is 1. The fraction of sp³-hybridized carbons (Fsp3) is 0.250. The normalized spacial score (nSPS) is 10.8. The molecule has 1 atom stereocenters. The zero-order valence-corrected chi connectivity index (χ0v) is 14.7. The zero-order chi connectivity index (χ0) is 15.9. The smallest absolute Gasteiger partial charge is 0.241 e. The van der Waals surface area contributed by atoms with Crippen LogP contribution in [0.1, 0.15) is 19.0 Å². The Morgan fingerprint density at radius 3 is 2.67 bits per heavy atom. The third-order valence-electron chi connectivity index (χ3n) is 3.08. The molecular weight excluding hydrogens is 356 g/mol. The van der Waals surface area contributed by atoms with Crippen LogP contribution in [0.4, 0.5) is 10.1 Å². The van der Waals surface area contributed by atoms with E-state index in [-0.39, 0.29) is 43.1 Å². The fourth-order valence-electron chi connectivity index (χ4n) is 1.75. The van der Waals surface area contributed by atoms with Gasteiger partial charge in [-0.1, -0.05) is 13.0 Å². The quantitative estimate of drug-likeness (QED) is 0.811. The molecule has 0 unspecified atom stereocenters. The lowest BCUT2D eigenvalue weighted by Gasteiger charge is -2.12. The Morgan fingerprint density at radius 1 is 1.33 bits per heavy atom. The second-order valence-electron chi connectivity index (χ2n) is 4.76. The lowest BCUT2D eigenvalue weighted by atomic mass is 10.2. The number of benzene rings is 1. The second kappa shape index (κ2) is 10.8.